The van der Waals surface area contributed by atoms with Crippen molar-refractivity contribution in [1.29, 1.82) is 0 Å². The molecular weight excluding hydrogens is 496 g/mol. The fourth-order valence-corrected chi connectivity index (χ4v) is 2.92. The molecule has 0 rings (SSSR count). The van der Waals surface area contributed by atoms with Gasteiger partial charge in [0, 0.05) is 0 Å². The number of ether oxygens (including phenoxy) is 4. The Hall–Kier alpha value is -4.24. The second kappa shape index (κ2) is 17.2. The normalized spacial score (nSPS) is 13.2. The highest BCUT2D eigenvalue weighted by atomic mass is 16.5. The Balaban J connectivity index is 0. The third-order valence-corrected chi connectivity index (χ3v) is 4.57. The SMILES string of the molecule is COC(=O)[C@@H](CC(=O)O)[C@H](CC(=O)O)C(=O)OC.COC(=O)[C@H](CC(=O)O)[C@@H](CC(=O)O)C(=O)OC. The van der Waals surface area contributed by atoms with Crippen LogP contribution >= 0.6 is 0 Å². The van der Waals surface area contributed by atoms with Crippen LogP contribution in [0.5, 0.6) is 0 Å². The average Bonchev–Trinajstić information content (AvgIpc) is 2.81. The standard InChI is InChI=1S/2C10H14O8/c2*1-17-9(15)5(3-7(11)12)6(4-8(13)14)10(16)18-2/h2*5-6H,3-4H2,1-2H3,(H,11,12)(H,13,14)/t2*5-,6-/m10/s1. The van der Waals surface area contributed by atoms with Gasteiger partial charge in [0.2, 0.25) is 0 Å². The van der Waals surface area contributed by atoms with Gasteiger partial charge in [-0.05, 0) is 0 Å². The van der Waals surface area contributed by atoms with E-state index in [4.69, 9.17) is 20.4 Å². The van der Waals surface area contributed by atoms with Crippen molar-refractivity contribution < 1.29 is 77.7 Å². The summed E-state index contributed by atoms with van der Waals surface area (Å²) < 4.78 is 17.5. The van der Waals surface area contributed by atoms with Crippen LogP contribution in [0.25, 0.3) is 0 Å². The third kappa shape index (κ3) is 12.9. The minimum atomic E-state index is -1.39. The van der Waals surface area contributed by atoms with E-state index < -0.39 is 97.1 Å². The maximum absolute atomic E-state index is 11.4. The van der Waals surface area contributed by atoms with Crippen molar-refractivity contribution in [2.24, 2.45) is 23.7 Å². The topological polar surface area (TPSA) is 254 Å². The quantitative estimate of drug-likeness (QED) is 0.157. The number of carbonyl (C=O) groups is 8. The van der Waals surface area contributed by atoms with Gasteiger partial charge in [-0.25, -0.2) is 0 Å². The second-order valence-electron chi connectivity index (χ2n) is 6.91. The molecule has 0 radical (unpaired) electrons. The molecule has 0 saturated heterocycles. The molecule has 4 N–H and O–H groups in total. The molecule has 0 saturated carbocycles. The van der Waals surface area contributed by atoms with Crippen molar-refractivity contribution >= 4 is 47.8 Å². The van der Waals surface area contributed by atoms with E-state index in [1.54, 1.807) is 0 Å². The Morgan fingerprint density at radius 1 is 0.417 bits per heavy atom. The fourth-order valence-electron chi connectivity index (χ4n) is 2.92. The van der Waals surface area contributed by atoms with Crippen LogP contribution in [0.4, 0.5) is 0 Å². The number of carboxylic acid groups (broad SMARTS) is 4. The van der Waals surface area contributed by atoms with E-state index in [1.807, 2.05) is 0 Å². The highest BCUT2D eigenvalue weighted by molar-refractivity contribution is 5.88. The Kier molecular flexibility index (Phi) is 16.2. The van der Waals surface area contributed by atoms with E-state index in [0.717, 1.165) is 28.4 Å². The summed E-state index contributed by atoms with van der Waals surface area (Å²) in [5.41, 5.74) is 0. The Morgan fingerprint density at radius 3 is 0.639 bits per heavy atom. The summed E-state index contributed by atoms with van der Waals surface area (Å²) in [6.45, 7) is 0. The maximum atomic E-state index is 11.4. The van der Waals surface area contributed by atoms with Crippen molar-refractivity contribution in [1.82, 2.24) is 0 Å². The molecule has 204 valence electrons. The van der Waals surface area contributed by atoms with Gasteiger partial charge in [0.1, 0.15) is 0 Å². The molecule has 4 atom stereocenters. The zero-order valence-corrected chi connectivity index (χ0v) is 19.8. The monoisotopic (exact) mass is 524 g/mol. The maximum Gasteiger partial charge on any atom is 0.310 e. The lowest BCUT2D eigenvalue weighted by Crippen LogP contribution is -2.35. The summed E-state index contributed by atoms with van der Waals surface area (Å²) in [5.74, 6) is -14.8. The van der Waals surface area contributed by atoms with Crippen LogP contribution in [0.15, 0.2) is 0 Å². The van der Waals surface area contributed by atoms with Crippen LogP contribution in [-0.2, 0) is 57.3 Å². The van der Waals surface area contributed by atoms with Crippen LogP contribution in [0.1, 0.15) is 25.7 Å². The van der Waals surface area contributed by atoms with Gasteiger partial charge in [0.25, 0.3) is 0 Å². The number of hydrogen-bond donors (Lipinski definition) is 4. The lowest BCUT2D eigenvalue weighted by Gasteiger charge is -2.20. The molecule has 16 heteroatoms. The molecule has 0 aliphatic heterocycles. The third-order valence-electron chi connectivity index (χ3n) is 4.57. The van der Waals surface area contributed by atoms with Crippen molar-refractivity contribution in [2.75, 3.05) is 28.4 Å². The summed E-state index contributed by atoms with van der Waals surface area (Å²) in [4.78, 5) is 88.1. The molecule has 0 fully saturated rings. The van der Waals surface area contributed by atoms with E-state index >= 15 is 0 Å². The van der Waals surface area contributed by atoms with Crippen molar-refractivity contribution in [3.8, 4) is 0 Å². The minimum absolute atomic E-state index is 0.709. The molecule has 0 aliphatic carbocycles. The Morgan fingerprint density at radius 2 is 0.556 bits per heavy atom. The van der Waals surface area contributed by atoms with Gasteiger partial charge in [-0.1, -0.05) is 0 Å². The molecular formula is C20H28O16. The van der Waals surface area contributed by atoms with Crippen molar-refractivity contribution in [3.05, 3.63) is 0 Å². The van der Waals surface area contributed by atoms with Crippen LogP contribution in [0.2, 0.25) is 0 Å². The lowest BCUT2D eigenvalue weighted by atomic mass is 9.87. The van der Waals surface area contributed by atoms with Crippen molar-refractivity contribution in [3.63, 3.8) is 0 Å². The number of hydrogen-bond acceptors (Lipinski definition) is 12. The van der Waals surface area contributed by atoms with Gasteiger partial charge < -0.3 is 39.4 Å². The predicted octanol–water partition coefficient (Wildman–Crippen LogP) is -0.972. The predicted molar refractivity (Wildman–Crippen MR) is 111 cm³/mol. The van der Waals surface area contributed by atoms with E-state index in [9.17, 15) is 38.4 Å². The first-order valence-electron chi connectivity index (χ1n) is 9.85. The molecule has 0 spiro atoms. The van der Waals surface area contributed by atoms with Gasteiger partial charge in [-0.3, -0.25) is 38.4 Å². The van der Waals surface area contributed by atoms with Crippen LogP contribution in [-0.4, -0.2) is 96.6 Å². The van der Waals surface area contributed by atoms with Gasteiger partial charge in [-0.15, -0.1) is 0 Å². The first-order valence-corrected chi connectivity index (χ1v) is 9.85. The number of aliphatic carboxylic acids is 4. The van der Waals surface area contributed by atoms with E-state index in [1.165, 1.54) is 0 Å². The number of rotatable bonds is 14. The van der Waals surface area contributed by atoms with E-state index in [-0.39, 0.29) is 0 Å². The minimum Gasteiger partial charge on any atom is -0.481 e. The van der Waals surface area contributed by atoms with E-state index in [0.29, 0.717) is 0 Å². The number of carboxylic acids is 4. The van der Waals surface area contributed by atoms with Crippen LogP contribution in [0.3, 0.4) is 0 Å². The van der Waals surface area contributed by atoms with Gasteiger partial charge in [-0.2, -0.15) is 0 Å². The van der Waals surface area contributed by atoms with Gasteiger partial charge in [0.15, 0.2) is 0 Å². The van der Waals surface area contributed by atoms with Gasteiger partial charge >= 0.3 is 47.8 Å². The summed E-state index contributed by atoms with van der Waals surface area (Å²) in [7, 11) is 4.08. The van der Waals surface area contributed by atoms with Crippen LogP contribution < -0.4 is 0 Å². The molecule has 0 aromatic rings. The lowest BCUT2D eigenvalue weighted by molar-refractivity contribution is -0.163. The largest absolute Gasteiger partial charge is 0.481 e. The molecule has 0 amide bonds. The highest BCUT2D eigenvalue weighted by Crippen LogP contribution is 2.24. The molecule has 0 aromatic heterocycles. The van der Waals surface area contributed by atoms with Crippen molar-refractivity contribution in [2.45, 2.75) is 25.7 Å². The Bertz CT molecular complexity index is 696. The molecule has 0 aliphatic rings. The fraction of sp³-hybridized carbons (Fsp3) is 0.600. The highest BCUT2D eigenvalue weighted by Gasteiger charge is 2.39. The number of methoxy groups -OCH3 is 4. The summed E-state index contributed by atoms with van der Waals surface area (Å²) in [6, 6.07) is 0. The number of esters is 4. The van der Waals surface area contributed by atoms with Gasteiger partial charge in [0.05, 0.1) is 77.8 Å². The van der Waals surface area contributed by atoms with E-state index in [2.05, 4.69) is 18.9 Å². The molecule has 16 nitrogen and oxygen atoms in total. The first kappa shape index (κ1) is 33.9. The van der Waals surface area contributed by atoms with Crippen LogP contribution in [0, 0.1) is 23.7 Å². The second-order valence-corrected chi connectivity index (χ2v) is 6.91. The zero-order valence-electron chi connectivity index (χ0n) is 19.8. The first-order chi connectivity index (χ1) is 16.7. The molecule has 0 unspecified atom stereocenters. The molecule has 0 aromatic carbocycles. The Labute approximate surface area is 204 Å². The molecule has 36 heavy (non-hydrogen) atoms. The summed E-state index contributed by atoms with van der Waals surface area (Å²) in [6.07, 6.45) is -2.83. The summed E-state index contributed by atoms with van der Waals surface area (Å²) >= 11 is 0. The molecule has 0 bridgehead atoms. The average molecular weight is 524 g/mol. The smallest absolute Gasteiger partial charge is 0.310 e. The number of carbonyl (C=O) groups excluding carboxylic acids is 4. The molecule has 0 heterocycles. The summed E-state index contributed by atoms with van der Waals surface area (Å²) in [5, 5.41) is 34.6. The zero-order chi connectivity index (χ0) is 28.6.